The predicted octanol–water partition coefficient (Wildman–Crippen LogP) is 4.16. The fraction of sp³-hybridized carbons (Fsp3) is 0.300. The molecule has 0 spiro atoms. The molecule has 1 aromatic carbocycles. The largest absolute Gasteiger partial charge is 0.480 e. The highest BCUT2D eigenvalue weighted by atomic mass is 32.2. The molecule has 0 aliphatic carbocycles. The van der Waals surface area contributed by atoms with Crippen LogP contribution >= 0.6 is 34.9 Å². The second kappa shape index (κ2) is 9.41. The van der Waals surface area contributed by atoms with E-state index in [9.17, 15) is 19.1 Å². The monoisotopic (exact) mass is 478 g/mol. The number of hydrogen-bond acceptors (Lipinski definition) is 7. The number of rotatable bonds is 7. The Balaban J connectivity index is 1.53. The summed E-state index contributed by atoms with van der Waals surface area (Å²) >= 11 is 4.11. The highest BCUT2D eigenvalue weighted by Crippen LogP contribution is 2.39. The molecule has 2 aromatic heterocycles. The molecule has 0 radical (unpaired) electrons. The lowest BCUT2D eigenvalue weighted by Gasteiger charge is -2.24. The van der Waals surface area contributed by atoms with Crippen molar-refractivity contribution < 1.29 is 19.1 Å². The van der Waals surface area contributed by atoms with Gasteiger partial charge in [0.2, 0.25) is 5.91 Å². The van der Waals surface area contributed by atoms with Crippen LogP contribution in [0.5, 0.6) is 0 Å². The van der Waals surface area contributed by atoms with Gasteiger partial charge in [-0.2, -0.15) is 0 Å². The first-order valence-electron chi connectivity index (χ1n) is 9.47. The van der Waals surface area contributed by atoms with Crippen LogP contribution < -0.4 is 0 Å². The molecule has 1 aliphatic rings. The second-order valence-corrected chi connectivity index (χ2v) is 9.87. The minimum absolute atomic E-state index is 0.0560. The van der Waals surface area contributed by atoms with Crippen LogP contribution in [0.4, 0.5) is 4.39 Å². The maximum Gasteiger partial charge on any atom is 0.326 e. The summed E-state index contributed by atoms with van der Waals surface area (Å²) < 4.78 is 15.8. The molecule has 11 heteroatoms. The first kappa shape index (κ1) is 21.8. The van der Waals surface area contributed by atoms with Crippen LogP contribution in [0.1, 0.15) is 23.9 Å². The Hall–Kier alpha value is -2.37. The Morgan fingerprint density at radius 2 is 2.10 bits per heavy atom. The average molecular weight is 479 g/mol. The van der Waals surface area contributed by atoms with Gasteiger partial charge >= 0.3 is 5.97 Å². The zero-order valence-corrected chi connectivity index (χ0v) is 18.9. The van der Waals surface area contributed by atoms with E-state index in [1.165, 1.54) is 29.2 Å². The van der Waals surface area contributed by atoms with Gasteiger partial charge in [-0.15, -0.1) is 33.3 Å². The first-order valence-corrected chi connectivity index (χ1v) is 12.4. The van der Waals surface area contributed by atoms with E-state index in [0.717, 1.165) is 22.4 Å². The third-order valence-corrected chi connectivity index (χ3v) is 7.89. The van der Waals surface area contributed by atoms with E-state index < -0.39 is 12.0 Å². The normalized spacial score (nSPS) is 17.1. The lowest BCUT2D eigenvalue weighted by molar-refractivity contribution is -0.140. The van der Waals surface area contributed by atoms with E-state index in [0.29, 0.717) is 23.1 Å². The fourth-order valence-electron chi connectivity index (χ4n) is 3.28. The van der Waals surface area contributed by atoms with Gasteiger partial charge in [0.25, 0.3) is 0 Å². The Labute approximate surface area is 190 Å². The zero-order chi connectivity index (χ0) is 22.0. The van der Waals surface area contributed by atoms with E-state index in [-0.39, 0.29) is 22.9 Å². The molecule has 1 fully saturated rings. The Morgan fingerprint density at radius 3 is 2.81 bits per heavy atom. The smallest absolute Gasteiger partial charge is 0.326 e. The zero-order valence-electron chi connectivity index (χ0n) is 16.5. The van der Waals surface area contributed by atoms with Gasteiger partial charge in [-0.3, -0.25) is 9.36 Å². The summed E-state index contributed by atoms with van der Waals surface area (Å²) in [6, 6.07) is 9.29. The molecule has 1 aliphatic heterocycles. The molecule has 1 N–H and O–H groups in total. The lowest BCUT2D eigenvalue weighted by atomic mass is 10.2. The number of carbonyl (C=O) groups is 2. The number of carboxylic acids is 1. The van der Waals surface area contributed by atoms with Crippen LogP contribution in [-0.2, 0) is 9.59 Å². The molecule has 3 heterocycles. The molecule has 162 valence electrons. The minimum Gasteiger partial charge on any atom is -0.480 e. The van der Waals surface area contributed by atoms with Gasteiger partial charge in [0.05, 0.1) is 10.6 Å². The average Bonchev–Trinajstić information content (AvgIpc) is 3.51. The van der Waals surface area contributed by atoms with Crippen LogP contribution in [0.3, 0.4) is 0 Å². The lowest BCUT2D eigenvalue weighted by Crippen LogP contribution is -2.32. The number of benzene rings is 1. The van der Waals surface area contributed by atoms with Crippen LogP contribution in [0.2, 0.25) is 0 Å². The molecule has 2 atom stereocenters. The van der Waals surface area contributed by atoms with E-state index in [4.69, 9.17) is 0 Å². The highest BCUT2D eigenvalue weighted by Gasteiger charge is 2.33. The molecule has 4 rings (SSSR count). The summed E-state index contributed by atoms with van der Waals surface area (Å²) in [5.74, 6) is -0.256. The number of nitrogens with zero attached hydrogens (tertiary/aromatic N) is 4. The van der Waals surface area contributed by atoms with Crippen LogP contribution in [0.25, 0.3) is 10.7 Å². The van der Waals surface area contributed by atoms with Gasteiger partial charge in [0.1, 0.15) is 17.2 Å². The molecule has 1 saturated heterocycles. The van der Waals surface area contributed by atoms with Crippen LogP contribution in [0.15, 0.2) is 46.9 Å². The van der Waals surface area contributed by atoms with E-state index in [2.05, 4.69) is 10.2 Å². The van der Waals surface area contributed by atoms with Crippen molar-refractivity contribution in [3.05, 3.63) is 53.2 Å². The minimum atomic E-state index is -1.01. The number of aromatic nitrogens is 3. The maximum absolute atomic E-state index is 14.3. The number of thiophene rings is 1. The molecular weight excluding hydrogens is 459 g/mol. The van der Waals surface area contributed by atoms with E-state index >= 15 is 0 Å². The number of carbonyl (C=O) groups excluding carboxylic acids is 1. The Bertz CT molecular complexity index is 1090. The van der Waals surface area contributed by atoms with Crippen molar-refractivity contribution in [2.75, 3.05) is 18.1 Å². The number of halogens is 1. The molecule has 0 saturated carbocycles. The van der Waals surface area contributed by atoms with Crippen molar-refractivity contribution in [1.29, 1.82) is 0 Å². The Morgan fingerprint density at radius 1 is 1.29 bits per heavy atom. The van der Waals surface area contributed by atoms with Crippen molar-refractivity contribution >= 4 is 46.7 Å². The molecule has 7 nitrogen and oxygen atoms in total. The van der Waals surface area contributed by atoms with Crippen molar-refractivity contribution in [2.24, 2.45) is 0 Å². The summed E-state index contributed by atoms with van der Waals surface area (Å²) in [5.41, 5.74) is 0.492. The highest BCUT2D eigenvalue weighted by molar-refractivity contribution is 8.00. The number of carboxylic acid groups (broad SMARTS) is 1. The van der Waals surface area contributed by atoms with Crippen molar-refractivity contribution in [3.8, 4) is 10.7 Å². The topological polar surface area (TPSA) is 88.3 Å². The third-order valence-electron chi connectivity index (χ3n) is 4.86. The Kier molecular flexibility index (Phi) is 6.63. The molecule has 31 heavy (non-hydrogen) atoms. The van der Waals surface area contributed by atoms with Crippen molar-refractivity contribution in [1.82, 2.24) is 19.7 Å². The molecule has 1 amide bonds. The summed E-state index contributed by atoms with van der Waals surface area (Å²) in [6.07, 6.45) is 0. The number of aliphatic carboxylic acids is 1. The first-order chi connectivity index (χ1) is 15.0. The number of thioether (sulfide) groups is 2. The summed E-state index contributed by atoms with van der Waals surface area (Å²) in [7, 11) is 0. The summed E-state index contributed by atoms with van der Waals surface area (Å²) in [5, 5.41) is 19.7. The van der Waals surface area contributed by atoms with E-state index in [1.54, 1.807) is 34.6 Å². The number of hydrogen-bond donors (Lipinski definition) is 1. The third kappa shape index (κ3) is 4.48. The van der Waals surface area contributed by atoms with Crippen LogP contribution in [0, 0.1) is 5.82 Å². The maximum atomic E-state index is 14.3. The van der Waals surface area contributed by atoms with Gasteiger partial charge in [0.15, 0.2) is 11.0 Å². The SMILES string of the molecule is CC(C(=O)O)n1c(SCC(=O)N2CCSC2c2ccccc2F)nnc1-c1cccs1. The van der Waals surface area contributed by atoms with Gasteiger partial charge in [-0.05, 0) is 24.4 Å². The van der Waals surface area contributed by atoms with Gasteiger partial charge in [-0.25, -0.2) is 9.18 Å². The van der Waals surface area contributed by atoms with Crippen molar-refractivity contribution in [2.45, 2.75) is 23.5 Å². The standard InChI is InChI=1S/C20H19FN4O3S3/c1-12(19(27)28)25-17(15-7-4-9-29-15)22-23-20(25)31-11-16(26)24-8-10-30-18(24)13-5-2-3-6-14(13)21/h2-7,9,12,18H,8,10-11H2,1H3,(H,27,28). The van der Waals surface area contributed by atoms with Gasteiger partial charge in [-0.1, -0.05) is 36.0 Å². The summed E-state index contributed by atoms with van der Waals surface area (Å²) in [4.78, 5) is 27.1. The van der Waals surface area contributed by atoms with Crippen LogP contribution in [-0.4, -0.2) is 54.7 Å². The van der Waals surface area contributed by atoms with Gasteiger partial charge < -0.3 is 10.0 Å². The molecular formula is C20H19FN4O3S3. The predicted molar refractivity (Wildman–Crippen MR) is 120 cm³/mol. The second-order valence-electron chi connectivity index (χ2n) is 6.79. The molecule has 2 unspecified atom stereocenters. The number of amides is 1. The van der Waals surface area contributed by atoms with Gasteiger partial charge in [0, 0.05) is 17.9 Å². The quantitative estimate of drug-likeness (QED) is 0.510. The summed E-state index contributed by atoms with van der Waals surface area (Å²) in [6.45, 7) is 2.09. The fourth-order valence-corrected chi connectivity index (χ4v) is 6.18. The molecule has 3 aromatic rings. The van der Waals surface area contributed by atoms with Crippen molar-refractivity contribution in [3.63, 3.8) is 0 Å². The molecule has 0 bridgehead atoms. The van der Waals surface area contributed by atoms with E-state index in [1.807, 2.05) is 17.5 Å².